The first-order valence-corrected chi connectivity index (χ1v) is 21.9. The lowest BCUT2D eigenvalue weighted by Gasteiger charge is -2.44. The van der Waals surface area contributed by atoms with Crippen LogP contribution in [-0.4, -0.2) is 145 Å². The molecule has 0 aliphatic rings. The number of unbranched alkanes of at least 4 members (excludes halogenated alkanes) is 6. The minimum Gasteiger partial charge on any atom is -0.368 e. The number of hydrogen-bond donors (Lipinski definition) is 6. The maximum atomic E-state index is 15.0. The van der Waals surface area contributed by atoms with Crippen molar-refractivity contribution in [3.8, 4) is 0 Å². The first kappa shape index (κ1) is 76.1. The Bertz CT molecular complexity index is 2150. The number of rotatable bonds is 28. The molecule has 51 heteroatoms. The fraction of sp³-hybridized carbons (Fsp3) is 0.964. The smallest absolute Gasteiger partial charge is 0.368 e. The third-order valence-corrected chi connectivity index (χ3v) is 13.0. The molecule has 0 bridgehead atoms. The van der Waals surface area contributed by atoms with Crippen LogP contribution in [0.3, 0.4) is 0 Å². The van der Waals surface area contributed by atoms with E-state index in [4.69, 9.17) is 19.6 Å². The van der Waals surface area contributed by atoms with Crippen LogP contribution in [-0.2, 0) is 37.6 Å². The summed E-state index contributed by atoms with van der Waals surface area (Å²) in [5, 5.41) is 6.38. The van der Waals surface area contributed by atoms with Crippen LogP contribution in [0, 0.1) is 0 Å². The molecule has 1 amide bonds. The summed E-state index contributed by atoms with van der Waals surface area (Å²) >= 11 is 0. The number of hydrogen-bond acceptors (Lipinski definition) is 9. The lowest BCUT2D eigenvalue weighted by Crippen LogP contribution is -2.73. The van der Waals surface area contributed by atoms with Gasteiger partial charge in [0.2, 0.25) is 0 Å². The van der Waals surface area contributed by atoms with Crippen molar-refractivity contribution in [2.75, 3.05) is 6.54 Å². The molecule has 0 fully saturated rings. The number of amides is 1. The molecule has 0 aromatic rings. The highest BCUT2D eigenvalue weighted by Gasteiger charge is 2.91. The molecule has 5 atom stereocenters. The Kier molecular flexibility index (Phi) is 21.7. The molecule has 6 N–H and O–H groups in total. The monoisotopic (exact) mass is 1310 g/mol. The summed E-state index contributed by atoms with van der Waals surface area (Å²) in [5.41, 5.74) is 0. The van der Waals surface area contributed by atoms with E-state index in [-0.39, 0.29) is 25.7 Å². The summed E-state index contributed by atoms with van der Waals surface area (Å²) in [7, 11) is -11.8. The topological polar surface area (TPSA) is 211 Å². The van der Waals surface area contributed by atoms with Gasteiger partial charge in [-0.25, -0.2) is 0 Å². The van der Waals surface area contributed by atoms with Crippen LogP contribution in [0.4, 0.5) is 154 Å². The summed E-state index contributed by atoms with van der Waals surface area (Å²) in [5.74, 6) is -57.9. The van der Waals surface area contributed by atoms with E-state index in [0.29, 0.717) is 5.32 Å². The van der Waals surface area contributed by atoms with Gasteiger partial charge in [0, 0.05) is 6.54 Å². The van der Waals surface area contributed by atoms with Gasteiger partial charge >= 0.3 is 118 Å². The maximum absolute atomic E-state index is 15.0. The normalized spacial score (nSPS) is 19.2. The minimum absolute atomic E-state index is 0.153. The zero-order chi connectivity index (χ0) is 64.2. The van der Waals surface area contributed by atoms with Gasteiger partial charge < -0.3 is 30.0 Å². The number of carbonyl (C=O) groups excluding carboxylic acids is 1. The second-order valence-corrected chi connectivity index (χ2v) is 19.0. The molecule has 5 unspecified atom stereocenters. The molecule has 0 aliphatic carbocycles. The number of nitrogens with one attached hydrogen (secondary N) is 1. The van der Waals surface area contributed by atoms with E-state index < -0.39 is 161 Å². The summed E-state index contributed by atoms with van der Waals surface area (Å²) < 4.78 is 510. The van der Waals surface area contributed by atoms with Crippen molar-refractivity contribution in [3.05, 3.63) is 0 Å². The zero-order valence-electron chi connectivity index (χ0n) is 36.0. The van der Waals surface area contributed by atoms with Gasteiger partial charge in [-0.2, -0.15) is 154 Å². The van der Waals surface area contributed by atoms with Gasteiger partial charge in [-0.1, -0.05) is 32.1 Å². The van der Waals surface area contributed by atoms with Gasteiger partial charge in [-0.3, -0.25) is 37.6 Å². The number of carbonyl (C=O) groups is 1. The Morgan fingerprint density at radius 1 is 0.342 bits per heavy atom. The molecule has 0 saturated carbocycles. The van der Waals surface area contributed by atoms with Crippen LogP contribution in [0.15, 0.2) is 0 Å². The van der Waals surface area contributed by atoms with Crippen LogP contribution in [0.2, 0.25) is 0 Å². The Labute approximate surface area is 409 Å². The summed E-state index contributed by atoms with van der Waals surface area (Å²) in [6.07, 6.45) is -103. The fourth-order valence-electron chi connectivity index (χ4n) is 4.88. The lowest BCUT2D eigenvalue weighted by atomic mass is 10.1. The predicted molar refractivity (Wildman–Crippen MR) is 170 cm³/mol. The maximum Gasteiger partial charge on any atom is 0.462 e. The molecular weight excluding hydrogens is 1290 g/mol. The average Bonchev–Trinajstić information content (AvgIpc) is 3.16. The second kappa shape index (κ2) is 22.6. The molecule has 0 aromatic carbocycles. The van der Waals surface area contributed by atoms with Crippen molar-refractivity contribution in [3.63, 3.8) is 0 Å². The minimum atomic E-state index is -9.67. The zero-order valence-corrected chi connectivity index (χ0v) is 37.8. The molecule has 79 heavy (non-hydrogen) atoms. The fourth-order valence-corrected chi connectivity index (χ4v) is 7.14. The molecular formula is C28H24F35NO13P2. The van der Waals surface area contributed by atoms with Gasteiger partial charge in [-0.15, -0.1) is 0 Å². The van der Waals surface area contributed by atoms with Crippen LogP contribution in [0.25, 0.3) is 0 Å². The molecule has 0 aliphatic heterocycles. The molecule has 474 valence electrons. The largest absolute Gasteiger partial charge is 0.462 e. The van der Waals surface area contributed by atoms with Crippen LogP contribution in [0.5, 0.6) is 0 Å². The number of aliphatic hydroxyl groups is 1. The molecule has 14 nitrogen and oxygen atoms in total. The van der Waals surface area contributed by atoms with E-state index >= 15 is 4.39 Å². The standard InChI is InChI=1S/C28H24F35NO13P2/c29-12(18(36,37)38,10(65)64-9-7-5-3-1-2-4-6-8-11(66,78(67,68)69)79(70,71)72)73-25(56,57)14(32,20(42,43)44)75-27(60,61)16(34,22(48,49)50)77-28(62,63)17(35,23(51,52)53)76-26(58,59)15(33,21(45,46)47)74-24(54,55)13(30,31)19(39,40)41/h66H,1-9H2,(H,64,65)(H2,67,68,69)(H2,70,71,72). The van der Waals surface area contributed by atoms with Crippen molar-refractivity contribution >= 4 is 21.1 Å². The lowest BCUT2D eigenvalue weighted by molar-refractivity contribution is -0.600. The van der Waals surface area contributed by atoms with Gasteiger partial charge in [0.25, 0.3) is 11.0 Å². The average molecular weight is 1310 g/mol. The van der Waals surface area contributed by atoms with E-state index in [1.807, 2.05) is 0 Å². The molecule has 0 radical (unpaired) electrons. The van der Waals surface area contributed by atoms with E-state index in [2.05, 4.69) is 0 Å². The first-order chi connectivity index (χ1) is 33.9. The van der Waals surface area contributed by atoms with Crippen LogP contribution < -0.4 is 5.32 Å². The summed E-state index contributed by atoms with van der Waals surface area (Å²) in [6, 6.07) is 0. The highest BCUT2D eigenvalue weighted by molar-refractivity contribution is 7.72. The van der Waals surface area contributed by atoms with Gasteiger partial charge in [0.1, 0.15) is 0 Å². The third-order valence-electron chi connectivity index (χ3n) is 9.09. The third kappa shape index (κ3) is 14.9. The Balaban J connectivity index is 7.23. The first-order valence-electron chi connectivity index (χ1n) is 18.7. The number of ether oxygens (including phenoxy) is 5. The molecule has 0 aromatic heterocycles. The van der Waals surface area contributed by atoms with Crippen LogP contribution >= 0.6 is 15.2 Å². The molecule has 0 spiro atoms. The van der Waals surface area contributed by atoms with E-state index in [1.54, 1.807) is 4.74 Å². The van der Waals surface area contributed by atoms with Gasteiger partial charge in [0.15, 0.2) is 0 Å². The van der Waals surface area contributed by atoms with Gasteiger partial charge in [0.05, 0.1) is 0 Å². The molecule has 0 heterocycles. The van der Waals surface area contributed by atoms with Crippen molar-refractivity contribution in [1.82, 2.24) is 5.32 Å². The van der Waals surface area contributed by atoms with Crippen LogP contribution in [0.1, 0.15) is 51.4 Å². The second-order valence-electron chi connectivity index (χ2n) is 15.0. The van der Waals surface area contributed by atoms with Crippen molar-refractivity contribution in [2.45, 2.75) is 159 Å². The number of halogens is 35. The molecule has 0 rings (SSSR count). The summed E-state index contributed by atoms with van der Waals surface area (Å²) in [4.78, 5) is 48.1. The van der Waals surface area contributed by atoms with Crippen molar-refractivity contribution in [2.24, 2.45) is 0 Å². The van der Waals surface area contributed by atoms with Crippen molar-refractivity contribution < 1.29 is 216 Å². The number of alkyl halides is 35. The Hall–Kier alpha value is -2.92. The Morgan fingerprint density at radius 3 is 0.823 bits per heavy atom. The van der Waals surface area contributed by atoms with E-state index in [1.165, 1.54) is 0 Å². The quantitative estimate of drug-likeness (QED) is 0.0245. The van der Waals surface area contributed by atoms with E-state index in [9.17, 15) is 168 Å². The predicted octanol–water partition coefficient (Wildman–Crippen LogP) is 11.6. The van der Waals surface area contributed by atoms with Crippen molar-refractivity contribution in [1.29, 1.82) is 0 Å². The SMILES string of the molecule is O=C(NCCCCCCCCCC(O)(P(=O)(O)O)P(=O)(O)O)C(F)(OC(F)(F)C(F)(OC(F)(F)C(F)(OC(F)(F)C(F)(OC(F)(F)C(F)(OC(F)(F)C(F)(F)C(F)(F)F)C(F)(F)F)C(F)(F)F)C(F)(F)F)C(F)(F)F)C(F)(F)F. The highest BCUT2D eigenvalue weighted by atomic mass is 31.2. The highest BCUT2D eigenvalue weighted by Crippen LogP contribution is 2.69. The summed E-state index contributed by atoms with van der Waals surface area (Å²) in [6.45, 7) is -1.59. The van der Waals surface area contributed by atoms with Gasteiger partial charge in [-0.05, 0) is 19.3 Å². The Morgan fingerprint density at radius 2 is 0.582 bits per heavy atom. The molecule has 0 saturated heterocycles. The van der Waals surface area contributed by atoms with E-state index in [0.717, 1.165) is 18.9 Å².